The van der Waals surface area contributed by atoms with E-state index in [1.807, 2.05) is 13.8 Å². The molecule has 0 saturated heterocycles. The second kappa shape index (κ2) is 5.58. The van der Waals surface area contributed by atoms with Crippen LogP contribution in [0, 0.1) is 10.1 Å². The van der Waals surface area contributed by atoms with E-state index < -0.39 is 10.5 Å². The summed E-state index contributed by atoms with van der Waals surface area (Å²) in [4.78, 5) is 14.3. The summed E-state index contributed by atoms with van der Waals surface area (Å²) in [6.07, 6.45) is 2.75. The zero-order valence-electron chi connectivity index (χ0n) is 10.0. The van der Waals surface area contributed by atoms with Crippen LogP contribution in [0.25, 0.3) is 0 Å². The Kier molecular flexibility index (Phi) is 4.39. The molecule has 1 rings (SSSR count). The first-order valence-electron chi connectivity index (χ1n) is 5.51. The van der Waals surface area contributed by atoms with Crippen molar-refractivity contribution in [2.24, 2.45) is 0 Å². The molecular formula is C11H17N3O3. The molecule has 0 spiro atoms. The van der Waals surface area contributed by atoms with E-state index in [0.717, 1.165) is 6.42 Å². The van der Waals surface area contributed by atoms with Gasteiger partial charge in [-0.25, -0.2) is 4.98 Å². The van der Waals surface area contributed by atoms with E-state index in [1.165, 1.54) is 18.3 Å². The molecule has 0 fully saturated rings. The SMILES string of the molecule is CCC(C)(CCO)Nc1ncccc1[N+](=O)[O-]. The fraction of sp³-hybridized carbons (Fsp3) is 0.545. The first-order valence-corrected chi connectivity index (χ1v) is 5.51. The molecule has 2 N–H and O–H groups in total. The molecule has 1 aromatic rings. The van der Waals surface area contributed by atoms with Crippen LogP contribution in [-0.4, -0.2) is 27.2 Å². The molecule has 1 unspecified atom stereocenters. The topological polar surface area (TPSA) is 88.3 Å². The molecular weight excluding hydrogens is 222 g/mol. The highest BCUT2D eigenvalue weighted by Gasteiger charge is 2.25. The Hall–Kier alpha value is -1.69. The van der Waals surface area contributed by atoms with Crippen molar-refractivity contribution in [2.45, 2.75) is 32.2 Å². The van der Waals surface area contributed by atoms with Crippen LogP contribution in [-0.2, 0) is 0 Å². The van der Waals surface area contributed by atoms with Crippen molar-refractivity contribution >= 4 is 11.5 Å². The van der Waals surface area contributed by atoms with Gasteiger partial charge in [-0.15, -0.1) is 0 Å². The number of nitrogens with zero attached hydrogens (tertiary/aromatic N) is 2. The minimum Gasteiger partial charge on any atom is -0.396 e. The van der Waals surface area contributed by atoms with E-state index in [1.54, 1.807) is 0 Å². The maximum absolute atomic E-state index is 10.8. The number of hydrogen-bond donors (Lipinski definition) is 2. The van der Waals surface area contributed by atoms with E-state index in [2.05, 4.69) is 10.3 Å². The molecule has 0 aliphatic carbocycles. The first-order chi connectivity index (χ1) is 8.02. The molecule has 1 heterocycles. The number of anilines is 1. The summed E-state index contributed by atoms with van der Waals surface area (Å²) in [6, 6.07) is 2.93. The lowest BCUT2D eigenvalue weighted by Gasteiger charge is -2.29. The fourth-order valence-corrected chi connectivity index (χ4v) is 1.50. The summed E-state index contributed by atoms with van der Waals surface area (Å²) < 4.78 is 0. The second-order valence-corrected chi connectivity index (χ2v) is 4.14. The van der Waals surface area contributed by atoms with Crippen LogP contribution >= 0.6 is 0 Å². The lowest BCUT2D eigenvalue weighted by molar-refractivity contribution is -0.384. The van der Waals surface area contributed by atoms with Gasteiger partial charge < -0.3 is 10.4 Å². The number of rotatable bonds is 6. The Labute approximate surface area is 99.8 Å². The average molecular weight is 239 g/mol. The number of aliphatic hydroxyl groups is 1. The molecule has 0 aromatic carbocycles. The maximum Gasteiger partial charge on any atom is 0.311 e. The zero-order chi connectivity index (χ0) is 12.9. The zero-order valence-corrected chi connectivity index (χ0v) is 10.0. The molecule has 0 aliphatic heterocycles. The minimum atomic E-state index is -0.468. The average Bonchev–Trinajstić information content (AvgIpc) is 2.29. The van der Waals surface area contributed by atoms with Crippen LogP contribution in [0.4, 0.5) is 11.5 Å². The van der Waals surface area contributed by atoms with Gasteiger partial charge in [-0.3, -0.25) is 10.1 Å². The number of nitro groups is 1. The Morgan fingerprint density at radius 2 is 2.35 bits per heavy atom. The quantitative estimate of drug-likeness (QED) is 0.585. The third-order valence-electron chi connectivity index (χ3n) is 2.85. The van der Waals surface area contributed by atoms with Crippen molar-refractivity contribution in [1.82, 2.24) is 4.98 Å². The van der Waals surface area contributed by atoms with E-state index in [0.29, 0.717) is 6.42 Å². The molecule has 0 aliphatic rings. The van der Waals surface area contributed by atoms with Crippen molar-refractivity contribution < 1.29 is 10.0 Å². The predicted molar refractivity (Wildman–Crippen MR) is 64.9 cm³/mol. The van der Waals surface area contributed by atoms with Gasteiger partial charge in [-0.1, -0.05) is 6.92 Å². The third kappa shape index (κ3) is 3.39. The molecule has 1 atom stereocenters. The van der Waals surface area contributed by atoms with Gasteiger partial charge in [0.1, 0.15) is 0 Å². The van der Waals surface area contributed by atoms with E-state index in [4.69, 9.17) is 5.11 Å². The summed E-state index contributed by atoms with van der Waals surface area (Å²) in [7, 11) is 0. The standard InChI is InChI=1S/C11H17N3O3/c1-3-11(2,6-8-15)13-10-9(14(16)17)5-4-7-12-10/h4-5,7,15H,3,6,8H2,1-2H3,(H,12,13). The Balaban J connectivity index is 2.97. The largest absolute Gasteiger partial charge is 0.396 e. The normalized spacial score (nSPS) is 14.1. The van der Waals surface area contributed by atoms with Gasteiger partial charge in [-0.05, 0) is 25.8 Å². The van der Waals surface area contributed by atoms with Crippen LogP contribution in [0.5, 0.6) is 0 Å². The smallest absolute Gasteiger partial charge is 0.311 e. The van der Waals surface area contributed by atoms with Crippen molar-refractivity contribution in [3.05, 3.63) is 28.4 Å². The Bertz CT molecular complexity index is 397. The summed E-state index contributed by atoms with van der Waals surface area (Å²) in [6.45, 7) is 3.89. The van der Waals surface area contributed by atoms with E-state index in [-0.39, 0.29) is 18.1 Å². The van der Waals surface area contributed by atoms with Crippen molar-refractivity contribution in [3.8, 4) is 0 Å². The van der Waals surface area contributed by atoms with Crippen LogP contribution in [0.1, 0.15) is 26.7 Å². The van der Waals surface area contributed by atoms with Crippen LogP contribution in [0.2, 0.25) is 0 Å². The minimum absolute atomic E-state index is 0.0258. The molecule has 0 radical (unpaired) electrons. The van der Waals surface area contributed by atoms with Crippen LogP contribution in [0.15, 0.2) is 18.3 Å². The number of pyridine rings is 1. The summed E-state index contributed by atoms with van der Waals surface area (Å²) >= 11 is 0. The number of nitrogens with one attached hydrogen (secondary N) is 1. The van der Waals surface area contributed by atoms with Gasteiger partial charge >= 0.3 is 5.69 Å². The summed E-state index contributed by atoms with van der Waals surface area (Å²) in [5.41, 5.74) is -0.446. The molecule has 0 amide bonds. The van der Waals surface area contributed by atoms with E-state index in [9.17, 15) is 10.1 Å². The second-order valence-electron chi connectivity index (χ2n) is 4.14. The lowest BCUT2D eigenvalue weighted by atomic mass is 9.95. The molecule has 0 bridgehead atoms. The van der Waals surface area contributed by atoms with Gasteiger partial charge in [0, 0.05) is 24.4 Å². The van der Waals surface area contributed by atoms with Crippen molar-refractivity contribution in [1.29, 1.82) is 0 Å². The molecule has 94 valence electrons. The van der Waals surface area contributed by atoms with Crippen molar-refractivity contribution in [3.63, 3.8) is 0 Å². The molecule has 17 heavy (non-hydrogen) atoms. The van der Waals surface area contributed by atoms with Gasteiger partial charge in [0.15, 0.2) is 0 Å². The first kappa shape index (κ1) is 13.4. The number of hydrogen-bond acceptors (Lipinski definition) is 5. The monoisotopic (exact) mass is 239 g/mol. The van der Waals surface area contributed by atoms with Gasteiger partial charge in [-0.2, -0.15) is 0 Å². The van der Waals surface area contributed by atoms with E-state index >= 15 is 0 Å². The maximum atomic E-state index is 10.8. The van der Waals surface area contributed by atoms with Gasteiger partial charge in [0.25, 0.3) is 0 Å². The van der Waals surface area contributed by atoms with Gasteiger partial charge in [0.2, 0.25) is 5.82 Å². The fourth-order valence-electron chi connectivity index (χ4n) is 1.50. The van der Waals surface area contributed by atoms with Crippen LogP contribution in [0.3, 0.4) is 0 Å². The summed E-state index contributed by atoms with van der Waals surface area (Å²) in [5.74, 6) is 0.246. The lowest BCUT2D eigenvalue weighted by Crippen LogP contribution is -2.35. The molecule has 1 aromatic heterocycles. The Morgan fingerprint density at radius 1 is 1.65 bits per heavy atom. The number of aromatic nitrogens is 1. The van der Waals surface area contributed by atoms with Crippen molar-refractivity contribution in [2.75, 3.05) is 11.9 Å². The molecule has 6 heteroatoms. The molecule has 0 saturated carbocycles. The highest BCUT2D eigenvalue weighted by Crippen LogP contribution is 2.26. The third-order valence-corrected chi connectivity index (χ3v) is 2.85. The Morgan fingerprint density at radius 3 is 2.88 bits per heavy atom. The van der Waals surface area contributed by atoms with Gasteiger partial charge in [0.05, 0.1) is 4.92 Å². The highest BCUT2D eigenvalue weighted by atomic mass is 16.6. The number of aliphatic hydroxyl groups excluding tert-OH is 1. The van der Waals surface area contributed by atoms with Crippen LogP contribution < -0.4 is 5.32 Å². The predicted octanol–water partition coefficient (Wildman–Crippen LogP) is 1.95. The highest BCUT2D eigenvalue weighted by molar-refractivity contribution is 5.56. The molecule has 6 nitrogen and oxygen atoms in total. The summed E-state index contributed by atoms with van der Waals surface area (Å²) in [5, 5.41) is 22.9.